The molecular formula is C18H23NO2S. The molecule has 2 aromatic rings. The van der Waals surface area contributed by atoms with Gasteiger partial charge in [-0.05, 0) is 67.1 Å². The lowest BCUT2D eigenvalue weighted by atomic mass is 10.1. The van der Waals surface area contributed by atoms with Crippen LogP contribution in [0.15, 0.2) is 41.3 Å². The predicted molar refractivity (Wildman–Crippen MR) is 91.9 cm³/mol. The van der Waals surface area contributed by atoms with Crippen molar-refractivity contribution in [3.05, 3.63) is 58.7 Å². The number of hydrogen-bond donors (Lipinski definition) is 1. The Kier molecular flexibility index (Phi) is 4.91. The number of benzene rings is 2. The van der Waals surface area contributed by atoms with E-state index in [0.29, 0.717) is 17.0 Å². The maximum Gasteiger partial charge on any atom is 0.262 e. The van der Waals surface area contributed by atoms with Crippen LogP contribution < -0.4 is 4.72 Å². The molecule has 0 heterocycles. The second kappa shape index (κ2) is 6.53. The SMILES string of the molecule is CCc1ccc(CC)c(S(=O)(=O)Nc2ccc(C)c(C)c2)c1. The van der Waals surface area contributed by atoms with Gasteiger partial charge in [0.15, 0.2) is 0 Å². The molecule has 2 rings (SSSR count). The molecule has 2 aromatic carbocycles. The van der Waals surface area contributed by atoms with Crippen LogP contribution >= 0.6 is 0 Å². The van der Waals surface area contributed by atoms with E-state index in [1.807, 2.05) is 52.0 Å². The van der Waals surface area contributed by atoms with Crippen molar-refractivity contribution >= 4 is 15.7 Å². The molecule has 4 heteroatoms. The Bertz CT molecular complexity index is 780. The third-order valence-corrected chi connectivity index (χ3v) is 5.43. The quantitative estimate of drug-likeness (QED) is 0.897. The van der Waals surface area contributed by atoms with Gasteiger partial charge in [0.2, 0.25) is 0 Å². The number of aryl methyl sites for hydroxylation is 4. The van der Waals surface area contributed by atoms with Crippen LogP contribution in [-0.4, -0.2) is 8.42 Å². The molecule has 0 radical (unpaired) electrons. The summed E-state index contributed by atoms with van der Waals surface area (Å²) in [5, 5.41) is 0. The van der Waals surface area contributed by atoms with Crippen LogP contribution in [0.3, 0.4) is 0 Å². The molecule has 1 N–H and O–H groups in total. The monoisotopic (exact) mass is 317 g/mol. The van der Waals surface area contributed by atoms with Crippen molar-refractivity contribution in [3.63, 3.8) is 0 Å². The van der Waals surface area contributed by atoms with Crippen LogP contribution in [-0.2, 0) is 22.9 Å². The predicted octanol–water partition coefficient (Wildman–Crippen LogP) is 4.23. The Hall–Kier alpha value is -1.81. The van der Waals surface area contributed by atoms with Gasteiger partial charge in [0, 0.05) is 5.69 Å². The molecule has 0 saturated carbocycles. The maximum atomic E-state index is 12.7. The molecule has 0 aromatic heterocycles. The van der Waals surface area contributed by atoms with Crippen molar-refractivity contribution in [2.45, 2.75) is 45.4 Å². The maximum absolute atomic E-state index is 12.7. The Labute approximate surface area is 133 Å². The molecule has 3 nitrogen and oxygen atoms in total. The van der Waals surface area contributed by atoms with Crippen LogP contribution in [0.5, 0.6) is 0 Å². The minimum absolute atomic E-state index is 0.382. The van der Waals surface area contributed by atoms with Gasteiger partial charge in [0.05, 0.1) is 4.90 Å². The van der Waals surface area contributed by atoms with E-state index in [-0.39, 0.29) is 0 Å². The van der Waals surface area contributed by atoms with E-state index >= 15 is 0 Å². The molecular weight excluding hydrogens is 294 g/mol. The zero-order chi connectivity index (χ0) is 16.3. The summed E-state index contributed by atoms with van der Waals surface area (Å²) in [5.74, 6) is 0. The lowest BCUT2D eigenvalue weighted by Crippen LogP contribution is -2.15. The Balaban J connectivity index is 2.43. The first-order valence-electron chi connectivity index (χ1n) is 7.59. The fourth-order valence-corrected chi connectivity index (χ4v) is 3.79. The largest absolute Gasteiger partial charge is 0.280 e. The molecule has 0 fully saturated rings. The lowest BCUT2D eigenvalue weighted by molar-refractivity contribution is 0.600. The second-order valence-corrected chi connectivity index (χ2v) is 7.20. The summed E-state index contributed by atoms with van der Waals surface area (Å²) in [6, 6.07) is 11.3. The molecule has 0 amide bonds. The van der Waals surface area contributed by atoms with Gasteiger partial charge in [-0.2, -0.15) is 0 Å². The first-order valence-corrected chi connectivity index (χ1v) is 9.07. The van der Waals surface area contributed by atoms with Gasteiger partial charge in [-0.15, -0.1) is 0 Å². The number of rotatable bonds is 5. The molecule has 0 atom stereocenters. The Morgan fingerprint density at radius 2 is 1.64 bits per heavy atom. The third kappa shape index (κ3) is 3.50. The van der Waals surface area contributed by atoms with Gasteiger partial charge < -0.3 is 0 Å². The van der Waals surface area contributed by atoms with Crippen LogP contribution in [0.2, 0.25) is 0 Å². The molecule has 118 valence electrons. The van der Waals surface area contributed by atoms with Gasteiger partial charge in [0.1, 0.15) is 0 Å². The number of nitrogens with one attached hydrogen (secondary N) is 1. The highest BCUT2D eigenvalue weighted by Crippen LogP contribution is 2.23. The molecule has 0 aliphatic carbocycles. The lowest BCUT2D eigenvalue weighted by Gasteiger charge is -2.13. The highest BCUT2D eigenvalue weighted by Gasteiger charge is 2.18. The summed E-state index contributed by atoms with van der Waals surface area (Å²) in [6.07, 6.45) is 1.50. The van der Waals surface area contributed by atoms with Crippen LogP contribution in [0.1, 0.15) is 36.1 Å². The van der Waals surface area contributed by atoms with Gasteiger partial charge in [-0.3, -0.25) is 4.72 Å². The van der Waals surface area contributed by atoms with E-state index in [1.54, 1.807) is 12.1 Å². The zero-order valence-corrected chi connectivity index (χ0v) is 14.4. The number of hydrogen-bond acceptors (Lipinski definition) is 2. The van der Waals surface area contributed by atoms with E-state index in [2.05, 4.69) is 4.72 Å². The van der Waals surface area contributed by atoms with Gasteiger partial charge in [-0.1, -0.05) is 32.0 Å². The minimum atomic E-state index is -3.57. The molecule has 0 unspecified atom stereocenters. The van der Waals surface area contributed by atoms with Crippen molar-refractivity contribution in [3.8, 4) is 0 Å². The Morgan fingerprint density at radius 1 is 0.909 bits per heavy atom. The minimum Gasteiger partial charge on any atom is -0.280 e. The summed E-state index contributed by atoms with van der Waals surface area (Å²) >= 11 is 0. The van der Waals surface area contributed by atoms with Crippen molar-refractivity contribution < 1.29 is 8.42 Å². The van der Waals surface area contributed by atoms with Crippen LogP contribution in [0.4, 0.5) is 5.69 Å². The topological polar surface area (TPSA) is 46.2 Å². The molecule has 0 spiro atoms. The molecule has 0 saturated heterocycles. The molecule has 22 heavy (non-hydrogen) atoms. The highest BCUT2D eigenvalue weighted by atomic mass is 32.2. The third-order valence-electron chi connectivity index (χ3n) is 3.97. The summed E-state index contributed by atoms with van der Waals surface area (Å²) < 4.78 is 28.2. The van der Waals surface area contributed by atoms with E-state index in [0.717, 1.165) is 28.7 Å². The smallest absolute Gasteiger partial charge is 0.262 e. The van der Waals surface area contributed by atoms with E-state index in [4.69, 9.17) is 0 Å². The first kappa shape index (κ1) is 16.6. The van der Waals surface area contributed by atoms with Crippen LogP contribution in [0.25, 0.3) is 0 Å². The number of anilines is 1. The van der Waals surface area contributed by atoms with E-state index in [9.17, 15) is 8.42 Å². The fraction of sp³-hybridized carbons (Fsp3) is 0.333. The fourth-order valence-electron chi connectivity index (χ4n) is 2.38. The van der Waals surface area contributed by atoms with Gasteiger partial charge in [0.25, 0.3) is 10.0 Å². The van der Waals surface area contributed by atoms with Crippen molar-refractivity contribution in [2.75, 3.05) is 4.72 Å². The molecule has 0 aliphatic heterocycles. The standard InChI is InChI=1S/C18H23NO2S/c1-5-15-8-9-16(6-2)18(12-15)22(20,21)19-17-10-7-13(3)14(4)11-17/h7-12,19H,5-6H2,1-4H3. The van der Waals surface area contributed by atoms with Crippen molar-refractivity contribution in [1.82, 2.24) is 0 Å². The second-order valence-electron chi connectivity index (χ2n) is 5.55. The normalized spacial score (nSPS) is 11.5. The number of sulfonamides is 1. The van der Waals surface area contributed by atoms with Crippen molar-refractivity contribution in [2.24, 2.45) is 0 Å². The van der Waals surface area contributed by atoms with Crippen molar-refractivity contribution in [1.29, 1.82) is 0 Å². The molecule has 0 bridgehead atoms. The Morgan fingerprint density at radius 3 is 2.23 bits per heavy atom. The summed E-state index contributed by atoms with van der Waals surface area (Å²) in [7, 11) is -3.57. The van der Waals surface area contributed by atoms with E-state index in [1.165, 1.54) is 0 Å². The average Bonchev–Trinajstić information content (AvgIpc) is 2.50. The van der Waals surface area contributed by atoms with Gasteiger partial charge >= 0.3 is 0 Å². The molecule has 0 aliphatic rings. The van der Waals surface area contributed by atoms with Gasteiger partial charge in [-0.25, -0.2) is 8.42 Å². The summed E-state index contributed by atoms with van der Waals surface area (Å²) in [5.41, 5.74) is 4.68. The summed E-state index contributed by atoms with van der Waals surface area (Å²) in [6.45, 7) is 7.97. The highest BCUT2D eigenvalue weighted by molar-refractivity contribution is 7.92. The van der Waals surface area contributed by atoms with E-state index < -0.39 is 10.0 Å². The average molecular weight is 317 g/mol. The summed E-state index contributed by atoms with van der Waals surface area (Å²) in [4.78, 5) is 0.382. The first-order chi connectivity index (χ1) is 10.4. The van der Waals surface area contributed by atoms with Crippen LogP contribution in [0, 0.1) is 13.8 Å². The zero-order valence-electron chi connectivity index (χ0n) is 13.6.